The molecule has 2 fully saturated rings. The molecule has 3 heterocycles. The Labute approximate surface area is 131 Å². The van der Waals surface area contributed by atoms with Crippen LogP contribution in [-0.4, -0.2) is 57.3 Å². The third-order valence-electron chi connectivity index (χ3n) is 4.81. The molecule has 0 bridgehead atoms. The zero-order chi connectivity index (χ0) is 15.7. The Morgan fingerprint density at radius 3 is 2.68 bits per heavy atom. The summed E-state index contributed by atoms with van der Waals surface area (Å²) in [7, 11) is 1.81. The lowest BCUT2D eigenvalue weighted by molar-refractivity contribution is -0.136. The van der Waals surface area contributed by atoms with Crippen LogP contribution in [0.25, 0.3) is 0 Å². The first kappa shape index (κ1) is 15.1. The van der Waals surface area contributed by atoms with Crippen molar-refractivity contribution in [3.63, 3.8) is 0 Å². The van der Waals surface area contributed by atoms with Crippen molar-refractivity contribution in [2.45, 2.75) is 26.2 Å². The highest BCUT2D eigenvalue weighted by molar-refractivity contribution is 5.92. The number of aryl methyl sites for hydroxylation is 1. The molecule has 1 aromatic rings. The second kappa shape index (κ2) is 6.10. The minimum absolute atomic E-state index is 0.0467. The number of rotatable bonds is 2. The first-order valence-electron chi connectivity index (χ1n) is 8.11. The summed E-state index contributed by atoms with van der Waals surface area (Å²) >= 11 is 0. The van der Waals surface area contributed by atoms with Gasteiger partial charge in [-0.3, -0.25) is 9.59 Å². The van der Waals surface area contributed by atoms with Gasteiger partial charge in [0.05, 0.1) is 5.92 Å². The molecule has 22 heavy (non-hydrogen) atoms. The molecule has 2 aliphatic heterocycles. The predicted molar refractivity (Wildman–Crippen MR) is 82.2 cm³/mol. The van der Waals surface area contributed by atoms with Crippen LogP contribution in [0.4, 0.5) is 0 Å². The van der Waals surface area contributed by atoms with Crippen LogP contribution in [-0.2, 0) is 11.8 Å². The highest BCUT2D eigenvalue weighted by atomic mass is 16.2. The Kier molecular flexibility index (Phi) is 4.18. The maximum Gasteiger partial charge on any atom is 0.289 e. The minimum atomic E-state index is -0.0742. The molecule has 2 saturated heterocycles. The molecule has 0 radical (unpaired) electrons. The summed E-state index contributed by atoms with van der Waals surface area (Å²) in [5.41, 5.74) is 0. The van der Waals surface area contributed by atoms with Crippen molar-refractivity contribution in [3.8, 4) is 0 Å². The molecule has 0 N–H and O–H groups in total. The molecule has 2 aliphatic rings. The molecule has 2 atom stereocenters. The molecule has 0 aliphatic carbocycles. The van der Waals surface area contributed by atoms with Crippen LogP contribution in [0.1, 0.15) is 36.8 Å². The predicted octanol–water partition coefficient (Wildman–Crippen LogP) is 1.14. The topological polar surface area (TPSA) is 58.4 Å². The van der Waals surface area contributed by atoms with Gasteiger partial charge in [-0.15, -0.1) is 0 Å². The molecule has 6 nitrogen and oxygen atoms in total. The average Bonchev–Trinajstić information content (AvgIpc) is 3.15. The number of imidazole rings is 1. The van der Waals surface area contributed by atoms with E-state index in [4.69, 9.17) is 0 Å². The van der Waals surface area contributed by atoms with E-state index in [0.717, 1.165) is 25.9 Å². The molecule has 6 heteroatoms. The highest BCUT2D eigenvalue weighted by Crippen LogP contribution is 2.23. The number of piperidine rings is 1. The van der Waals surface area contributed by atoms with E-state index >= 15 is 0 Å². The smallest absolute Gasteiger partial charge is 0.289 e. The van der Waals surface area contributed by atoms with Crippen LogP contribution in [0, 0.1) is 11.8 Å². The van der Waals surface area contributed by atoms with Crippen LogP contribution < -0.4 is 0 Å². The Balaban J connectivity index is 1.61. The van der Waals surface area contributed by atoms with E-state index in [1.54, 1.807) is 21.9 Å². The van der Waals surface area contributed by atoms with Crippen molar-refractivity contribution in [3.05, 3.63) is 18.2 Å². The largest absolute Gasteiger partial charge is 0.342 e. The number of hydrogen-bond acceptors (Lipinski definition) is 3. The van der Waals surface area contributed by atoms with Gasteiger partial charge in [0.1, 0.15) is 0 Å². The van der Waals surface area contributed by atoms with Gasteiger partial charge in [-0.05, 0) is 25.2 Å². The summed E-state index contributed by atoms with van der Waals surface area (Å²) in [6, 6.07) is 0. The number of aromatic nitrogens is 2. The molecule has 120 valence electrons. The van der Waals surface area contributed by atoms with Crippen molar-refractivity contribution >= 4 is 11.8 Å². The lowest BCUT2D eigenvalue weighted by atomic mass is 9.98. The van der Waals surface area contributed by atoms with Crippen molar-refractivity contribution in [1.82, 2.24) is 19.4 Å². The summed E-state index contributed by atoms with van der Waals surface area (Å²) in [6.45, 7) is 5.10. The van der Waals surface area contributed by atoms with Crippen LogP contribution in [0.3, 0.4) is 0 Å². The van der Waals surface area contributed by atoms with Crippen molar-refractivity contribution in [1.29, 1.82) is 0 Å². The fourth-order valence-electron chi connectivity index (χ4n) is 3.51. The molecular formula is C16H24N4O2. The molecule has 2 amide bonds. The molecule has 0 saturated carbocycles. The fourth-order valence-corrected chi connectivity index (χ4v) is 3.51. The van der Waals surface area contributed by atoms with Crippen LogP contribution in [0.2, 0.25) is 0 Å². The maximum absolute atomic E-state index is 12.6. The lowest BCUT2D eigenvalue weighted by Crippen LogP contribution is -2.43. The van der Waals surface area contributed by atoms with E-state index in [-0.39, 0.29) is 17.7 Å². The summed E-state index contributed by atoms with van der Waals surface area (Å²) in [5, 5.41) is 0. The van der Waals surface area contributed by atoms with Gasteiger partial charge in [-0.1, -0.05) is 6.92 Å². The summed E-state index contributed by atoms with van der Waals surface area (Å²) in [4.78, 5) is 32.9. The standard InChI is InChI=1S/C16H24N4O2/c1-12-4-3-7-19(10-12)15(21)13-5-8-20(11-13)16(22)14-17-6-9-18(14)2/h6,9,12-13H,3-5,7-8,10-11H2,1-2H3/t12-,13+/m1/s1. The molecule has 0 unspecified atom stereocenters. The number of likely N-dealkylation sites (tertiary alicyclic amines) is 2. The highest BCUT2D eigenvalue weighted by Gasteiger charge is 2.35. The zero-order valence-electron chi connectivity index (χ0n) is 13.4. The lowest BCUT2D eigenvalue weighted by Gasteiger charge is -2.32. The Morgan fingerprint density at radius 2 is 2.00 bits per heavy atom. The van der Waals surface area contributed by atoms with Gasteiger partial charge in [0, 0.05) is 45.6 Å². The Bertz CT molecular complexity index is 568. The van der Waals surface area contributed by atoms with Gasteiger partial charge < -0.3 is 14.4 Å². The van der Waals surface area contributed by atoms with Gasteiger partial charge in [0.15, 0.2) is 5.82 Å². The normalized spacial score (nSPS) is 25.5. The Morgan fingerprint density at radius 1 is 1.18 bits per heavy atom. The SMILES string of the molecule is C[C@@H]1CCCN(C(=O)[C@H]2CCN(C(=O)c3nccn3C)C2)C1. The number of carbonyl (C=O) groups excluding carboxylic acids is 2. The van der Waals surface area contributed by atoms with Gasteiger partial charge in [-0.25, -0.2) is 4.98 Å². The summed E-state index contributed by atoms with van der Waals surface area (Å²) in [5.74, 6) is 1.13. The zero-order valence-corrected chi connectivity index (χ0v) is 13.4. The van der Waals surface area contributed by atoms with E-state index in [2.05, 4.69) is 11.9 Å². The van der Waals surface area contributed by atoms with Crippen LogP contribution in [0.15, 0.2) is 12.4 Å². The number of carbonyl (C=O) groups is 2. The molecule has 3 rings (SSSR count). The summed E-state index contributed by atoms with van der Waals surface area (Å²) < 4.78 is 1.73. The van der Waals surface area contributed by atoms with Crippen LogP contribution >= 0.6 is 0 Å². The summed E-state index contributed by atoms with van der Waals surface area (Å²) in [6.07, 6.45) is 6.45. The van der Waals surface area contributed by atoms with Crippen molar-refractivity contribution < 1.29 is 9.59 Å². The third kappa shape index (κ3) is 2.87. The average molecular weight is 304 g/mol. The van der Waals surface area contributed by atoms with Crippen molar-refractivity contribution in [2.75, 3.05) is 26.2 Å². The quantitative estimate of drug-likeness (QED) is 0.823. The first-order chi connectivity index (χ1) is 10.6. The molecule has 1 aromatic heterocycles. The number of nitrogens with zero attached hydrogens (tertiary/aromatic N) is 4. The number of amides is 2. The minimum Gasteiger partial charge on any atom is -0.342 e. The van der Waals surface area contributed by atoms with Gasteiger partial charge in [0.2, 0.25) is 5.91 Å². The molecule has 0 spiro atoms. The van der Waals surface area contributed by atoms with Crippen LogP contribution in [0.5, 0.6) is 0 Å². The van der Waals surface area contributed by atoms with E-state index in [9.17, 15) is 9.59 Å². The second-order valence-corrected chi connectivity index (χ2v) is 6.63. The maximum atomic E-state index is 12.6. The van der Waals surface area contributed by atoms with Crippen molar-refractivity contribution in [2.24, 2.45) is 18.9 Å². The van der Waals surface area contributed by atoms with Gasteiger partial charge in [0.25, 0.3) is 5.91 Å². The third-order valence-corrected chi connectivity index (χ3v) is 4.81. The fraction of sp³-hybridized carbons (Fsp3) is 0.688. The molecular weight excluding hydrogens is 280 g/mol. The number of hydrogen-bond donors (Lipinski definition) is 0. The van der Waals surface area contributed by atoms with E-state index < -0.39 is 0 Å². The Hall–Kier alpha value is -1.85. The molecule has 0 aromatic carbocycles. The van der Waals surface area contributed by atoms with E-state index in [0.29, 0.717) is 24.8 Å². The first-order valence-corrected chi connectivity index (χ1v) is 8.11. The monoisotopic (exact) mass is 304 g/mol. The van der Waals surface area contributed by atoms with Gasteiger partial charge in [-0.2, -0.15) is 0 Å². The van der Waals surface area contributed by atoms with E-state index in [1.165, 1.54) is 6.42 Å². The van der Waals surface area contributed by atoms with Gasteiger partial charge >= 0.3 is 0 Å². The second-order valence-electron chi connectivity index (χ2n) is 6.63. The van der Waals surface area contributed by atoms with E-state index in [1.807, 2.05) is 11.9 Å².